The van der Waals surface area contributed by atoms with Gasteiger partial charge < -0.3 is 19.3 Å². The highest BCUT2D eigenvalue weighted by Crippen LogP contribution is 2.18. The Bertz CT molecular complexity index is 454. The first-order valence-electron chi connectivity index (χ1n) is 6.46. The van der Waals surface area contributed by atoms with Crippen molar-refractivity contribution in [2.45, 2.75) is 26.4 Å². The molecule has 0 aromatic rings. The molecule has 0 aliphatic carbocycles. The van der Waals surface area contributed by atoms with Crippen molar-refractivity contribution in [1.82, 2.24) is 0 Å². The molecule has 0 rings (SSSR count). The van der Waals surface area contributed by atoms with Gasteiger partial charge in [-0.2, -0.15) is 0 Å². The molecule has 1 unspecified atom stereocenters. The second-order valence-electron chi connectivity index (χ2n) is 4.51. The maximum atomic E-state index is 11.6. The van der Waals surface area contributed by atoms with Crippen LogP contribution in [0.5, 0.6) is 0 Å². The van der Waals surface area contributed by atoms with Gasteiger partial charge in [0.1, 0.15) is 19.8 Å². The SMILES string of the molecule is CC(=O)OCC(COC(=O)C[N+](Cl)(Cl)CCC(=O)O)OC(C)=O. The average molecular weight is 375 g/mol. The first-order chi connectivity index (χ1) is 10.5. The third-order valence-electron chi connectivity index (χ3n) is 2.25. The summed E-state index contributed by atoms with van der Waals surface area (Å²) in [5.74, 6) is -3.17. The maximum Gasteiger partial charge on any atom is 0.365 e. The second kappa shape index (κ2) is 10.2. The fraction of sp³-hybridized carbons (Fsp3) is 0.667. The highest BCUT2D eigenvalue weighted by atomic mass is 35.5. The summed E-state index contributed by atoms with van der Waals surface area (Å²) in [4.78, 5) is 43.7. The van der Waals surface area contributed by atoms with Crippen LogP contribution in [0.4, 0.5) is 0 Å². The lowest BCUT2D eigenvalue weighted by atomic mass is 10.4. The van der Waals surface area contributed by atoms with Gasteiger partial charge >= 0.3 is 23.9 Å². The summed E-state index contributed by atoms with van der Waals surface area (Å²) in [5.41, 5.74) is 0. The van der Waals surface area contributed by atoms with Crippen LogP contribution < -0.4 is 0 Å². The van der Waals surface area contributed by atoms with E-state index in [2.05, 4.69) is 4.74 Å². The molecule has 0 spiro atoms. The summed E-state index contributed by atoms with van der Waals surface area (Å²) < 4.78 is 13.4. The molecular weight excluding hydrogens is 357 g/mol. The van der Waals surface area contributed by atoms with Crippen molar-refractivity contribution in [3.05, 3.63) is 0 Å². The molecule has 132 valence electrons. The minimum Gasteiger partial charge on any atom is -0.481 e. The number of carboxylic acids is 1. The first-order valence-corrected chi connectivity index (χ1v) is 7.14. The smallest absolute Gasteiger partial charge is 0.365 e. The minimum atomic E-state index is -1.11. The number of carboxylic acid groups (broad SMARTS) is 1. The summed E-state index contributed by atoms with van der Waals surface area (Å²) in [7, 11) is 0. The first kappa shape index (κ1) is 21.4. The zero-order chi connectivity index (χ0) is 18.0. The number of aliphatic carboxylic acids is 1. The molecule has 0 aliphatic heterocycles. The van der Waals surface area contributed by atoms with E-state index in [1.807, 2.05) is 0 Å². The van der Waals surface area contributed by atoms with Gasteiger partial charge in [-0.3, -0.25) is 14.4 Å². The number of esters is 3. The van der Waals surface area contributed by atoms with Gasteiger partial charge in [0.15, 0.2) is 29.7 Å². The summed E-state index contributed by atoms with van der Waals surface area (Å²) in [6, 6.07) is 0. The van der Waals surface area contributed by atoms with Gasteiger partial charge in [-0.25, -0.2) is 4.79 Å². The molecular formula is C12H18Cl2NO8+. The van der Waals surface area contributed by atoms with Crippen LogP contribution in [-0.2, 0) is 33.4 Å². The van der Waals surface area contributed by atoms with E-state index in [0.29, 0.717) is 0 Å². The number of hydrogen-bond acceptors (Lipinski definition) is 7. The number of rotatable bonds is 10. The minimum absolute atomic E-state index is 0.200. The Hall–Kier alpha value is -1.58. The van der Waals surface area contributed by atoms with Crippen LogP contribution in [0.1, 0.15) is 20.3 Å². The lowest BCUT2D eigenvalue weighted by molar-refractivity contribution is -0.681. The van der Waals surface area contributed by atoms with Crippen LogP contribution >= 0.6 is 23.6 Å². The van der Waals surface area contributed by atoms with E-state index in [1.54, 1.807) is 0 Å². The van der Waals surface area contributed by atoms with Crippen molar-refractivity contribution in [1.29, 1.82) is 0 Å². The van der Waals surface area contributed by atoms with Crippen LogP contribution in [0.2, 0.25) is 0 Å². The monoisotopic (exact) mass is 374 g/mol. The topological polar surface area (TPSA) is 116 Å². The Labute approximate surface area is 142 Å². The molecule has 0 saturated carbocycles. The van der Waals surface area contributed by atoms with Crippen LogP contribution in [0, 0.1) is 0 Å². The van der Waals surface area contributed by atoms with E-state index in [0.717, 1.165) is 6.92 Å². The van der Waals surface area contributed by atoms with Gasteiger partial charge in [-0.05, 0) is 0 Å². The summed E-state index contributed by atoms with van der Waals surface area (Å²) in [6.07, 6.45) is -1.30. The molecule has 9 nitrogen and oxygen atoms in total. The summed E-state index contributed by atoms with van der Waals surface area (Å²) in [6.45, 7) is 0.979. The Balaban J connectivity index is 4.35. The van der Waals surface area contributed by atoms with Crippen molar-refractivity contribution in [3.63, 3.8) is 0 Å². The zero-order valence-corrected chi connectivity index (χ0v) is 14.1. The van der Waals surface area contributed by atoms with Gasteiger partial charge in [0, 0.05) is 13.8 Å². The molecule has 0 heterocycles. The molecule has 0 radical (unpaired) electrons. The van der Waals surface area contributed by atoms with E-state index in [-0.39, 0.29) is 26.2 Å². The Kier molecular flexibility index (Phi) is 9.54. The van der Waals surface area contributed by atoms with Crippen molar-refractivity contribution in [2.24, 2.45) is 0 Å². The molecule has 0 bridgehead atoms. The molecule has 1 N–H and O–H groups in total. The standard InChI is InChI=1S/C12H17Cl2NO8/c1-8(16)21-6-10(23-9(2)17)7-22-12(20)5-15(13,14)4-3-11(18)19/h10H,3-7H2,1-2H3/p+1. The lowest BCUT2D eigenvalue weighted by Crippen LogP contribution is -2.38. The number of nitrogens with zero attached hydrogens (tertiary/aromatic N) is 1. The molecule has 0 fully saturated rings. The quantitative estimate of drug-likeness (QED) is 0.336. The average Bonchev–Trinajstić information content (AvgIpc) is 2.38. The fourth-order valence-electron chi connectivity index (χ4n) is 1.32. The van der Waals surface area contributed by atoms with Gasteiger partial charge in [-0.1, -0.05) is 0 Å². The highest BCUT2D eigenvalue weighted by molar-refractivity contribution is 6.24. The lowest BCUT2D eigenvalue weighted by Gasteiger charge is -2.19. The Morgan fingerprint density at radius 3 is 2.09 bits per heavy atom. The van der Waals surface area contributed by atoms with E-state index >= 15 is 0 Å². The predicted molar refractivity (Wildman–Crippen MR) is 77.1 cm³/mol. The fourth-order valence-corrected chi connectivity index (χ4v) is 1.68. The molecule has 0 aliphatic rings. The molecule has 11 heteroatoms. The number of carbonyl (C=O) groups excluding carboxylic acids is 3. The van der Waals surface area contributed by atoms with Crippen LogP contribution in [0.25, 0.3) is 0 Å². The van der Waals surface area contributed by atoms with Gasteiger partial charge in [0.25, 0.3) is 0 Å². The van der Waals surface area contributed by atoms with Crippen molar-refractivity contribution < 1.29 is 42.0 Å². The number of halogens is 2. The number of carbonyl (C=O) groups is 4. The Morgan fingerprint density at radius 2 is 1.61 bits per heavy atom. The maximum absolute atomic E-state index is 11.6. The Morgan fingerprint density at radius 1 is 1.04 bits per heavy atom. The van der Waals surface area contributed by atoms with Crippen LogP contribution in [0.3, 0.4) is 0 Å². The highest BCUT2D eigenvalue weighted by Gasteiger charge is 2.30. The number of ether oxygens (including phenoxy) is 3. The molecule has 0 saturated heterocycles. The molecule has 0 amide bonds. The normalized spacial score (nSPS) is 12.2. The van der Waals surface area contributed by atoms with Gasteiger partial charge in [0.05, 0.1) is 6.42 Å². The van der Waals surface area contributed by atoms with E-state index < -0.39 is 40.0 Å². The van der Waals surface area contributed by atoms with E-state index in [4.69, 9.17) is 38.1 Å². The predicted octanol–water partition coefficient (Wildman–Crippen LogP) is 0.624. The largest absolute Gasteiger partial charge is 0.481 e. The summed E-state index contributed by atoms with van der Waals surface area (Å²) in [5, 5.41) is 8.54. The van der Waals surface area contributed by atoms with Gasteiger partial charge in [-0.15, -0.1) is 3.52 Å². The third-order valence-corrected chi connectivity index (χ3v) is 2.83. The van der Waals surface area contributed by atoms with Crippen LogP contribution in [-0.4, -0.2) is 64.9 Å². The van der Waals surface area contributed by atoms with Gasteiger partial charge in [0.2, 0.25) is 6.54 Å². The molecule has 1 atom stereocenters. The van der Waals surface area contributed by atoms with E-state index in [1.165, 1.54) is 6.92 Å². The van der Waals surface area contributed by atoms with Crippen molar-refractivity contribution in [2.75, 3.05) is 26.3 Å². The van der Waals surface area contributed by atoms with Crippen molar-refractivity contribution in [3.8, 4) is 0 Å². The van der Waals surface area contributed by atoms with Crippen molar-refractivity contribution >= 4 is 47.4 Å². The molecule has 23 heavy (non-hydrogen) atoms. The van der Waals surface area contributed by atoms with E-state index in [9.17, 15) is 19.2 Å². The zero-order valence-electron chi connectivity index (χ0n) is 12.6. The molecule has 0 aromatic carbocycles. The van der Waals surface area contributed by atoms with Crippen LogP contribution in [0.15, 0.2) is 0 Å². The second-order valence-corrected chi connectivity index (χ2v) is 5.98. The third kappa shape index (κ3) is 12.6. The molecule has 0 aromatic heterocycles. The number of quaternary nitrogens is 1. The summed E-state index contributed by atoms with van der Waals surface area (Å²) >= 11 is 11.5. The number of hydrogen-bond donors (Lipinski definition) is 1.